The van der Waals surface area contributed by atoms with Crippen LogP contribution in [0.2, 0.25) is 0 Å². The Balaban J connectivity index is 1.88. The molecule has 1 aromatic heterocycles. The number of amidine groups is 1. The summed E-state index contributed by atoms with van der Waals surface area (Å²) >= 11 is 4.80. The van der Waals surface area contributed by atoms with E-state index in [4.69, 9.17) is 16.2 Å². The van der Waals surface area contributed by atoms with Crippen molar-refractivity contribution in [2.45, 2.75) is 0 Å². The summed E-state index contributed by atoms with van der Waals surface area (Å²) in [7, 11) is 1.62. The summed E-state index contributed by atoms with van der Waals surface area (Å²) in [4.78, 5) is 12.8. The lowest BCUT2D eigenvalue weighted by atomic mass is 10.2. The first kappa shape index (κ1) is 16.4. The number of fused-ring (bicyclic) bond motifs is 1. The molecule has 3 rings (SSSR count). The molecule has 0 amide bonds. The Bertz CT molecular complexity index is 951. The van der Waals surface area contributed by atoms with Gasteiger partial charge in [-0.25, -0.2) is 4.98 Å². The fourth-order valence-electron chi connectivity index (χ4n) is 2.03. The molecule has 24 heavy (non-hydrogen) atoms. The van der Waals surface area contributed by atoms with Gasteiger partial charge in [0, 0.05) is 10.0 Å². The fourth-order valence-corrected chi connectivity index (χ4v) is 3.30. The zero-order valence-electron chi connectivity index (χ0n) is 12.7. The van der Waals surface area contributed by atoms with Crippen LogP contribution in [-0.2, 0) is 0 Å². The molecular formula is C16H14BrN5OS. The third-order valence-electron chi connectivity index (χ3n) is 3.15. The van der Waals surface area contributed by atoms with E-state index in [2.05, 4.69) is 30.9 Å². The molecule has 0 radical (unpaired) electrons. The smallest absolute Gasteiger partial charge is 0.224 e. The van der Waals surface area contributed by atoms with Crippen LogP contribution in [0.15, 0.2) is 56.9 Å². The summed E-state index contributed by atoms with van der Waals surface area (Å²) in [6, 6.07) is 13.1. The molecule has 0 bridgehead atoms. The lowest BCUT2D eigenvalue weighted by Crippen LogP contribution is -2.19. The van der Waals surface area contributed by atoms with Crippen LogP contribution >= 0.6 is 27.3 Å². The van der Waals surface area contributed by atoms with Gasteiger partial charge in [0.25, 0.3) is 0 Å². The second-order valence-corrected chi connectivity index (χ2v) is 6.73. The normalized spacial score (nSPS) is 12.6. The minimum Gasteiger partial charge on any atom is -0.497 e. The van der Waals surface area contributed by atoms with Gasteiger partial charge in [-0.05, 0) is 30.3 Å². The van der Waals surface area contributed by atoms with E-state index in [1.54, 1.807) is 7.11 Å². The summed E-state index contributed by atoms with van der Waals surface area (Å²) in [6.45, 7) is 0. The first-order valence-corrected chi connectivity index (χ1v) is 8.55. The van der Waals surface area contributed by atoms with Gasteiger partial charge in [0.2, 0.25) is 11.1 Å². The molecule has 8 heteroatoms. The standard InChI is InChI=1S/C16H14BrN5OS/c1-23-11-5-6-12-13(8-11)24-16(20-12)22-15(19)21-14(18)9-3-2-4-10(17)7-9/h2-8H,1H3,(H4,18,19,20,21,22). The number of methoxy groups -OCH3 is 1. The van der Waals surface area contributed by atoms with Crippen molar-refractivity contribution in [3.63, 3.8) is 0 Å². The topological polar surface area (TPSA) is 98.9 Å². The summed E-state index contributed by atoms with van der Waals surface area (Å²) in [5.74, 6) is 1.12. The Morgan fingerprint density at radius 1 is 1.21 bits per heavy atom. The molecule has 0 spiro atoms. The Kier molecular flexibility index (Phi) is 4.77. The van der Waals surface area contributed by atoms with E-state index >= 15 is 0 Å². The van der Waals surface area contributed by atoms with Crippen molar-refractivity contribution >= 4 is 54.4 Å². The van der Waals surface area contributed by atoms with Gasteiger partial charge < -0.3 is 16.2 Å². The van der Waals surface area contributed by atoms with Gasteiger partial charge in [-0.15, -0.1) is 0 Å². The molecule has 0 saturated carbocycles. The largest absolute Gasteiger partial charge is 0.497 e. The van der Waals surface area contributed by atoms with Crippen molar-refractivity contribution in [2.24, 2.45) is 21.5 Å². The molecule has 3 aromatic rings. The Hall–Kier alpha value is -2.45. The van der Waals surface area contributed by atoms with Gasteiger partial charge in [-0.3, -0.25) is 0 Å². The van der Waals surface area contributed by atoms with E-state index in [-0.39, 0.29) is 5.96 Å². The molecule has 0 aliphatic rings. The summed E-state index contributed by atoms with van der Waals surface area (Å²) in [6.07, 6.45) is 0. The third-order valence-corrected chi connectivity index (χ3v) is 4.56. The maximum absolute atomic E-state index is 5.97. The monoisotopic (exact) mass is 403 g/mol. The zero-order chi connectivity index (χ0) is 17.1. The van der Waals surface area contributed by atoms with Crippen LogP contribution in [0.4, 0.5) is 5.13 Å². The van der Waals surface area contributed by atoms with Gasteiger partial charge >= 0.3 is 0 Å². The van der Waals surface area contributed by atoms with Gasteiger partial charge in [0.1, 0.15) is 11.6 Å². The highest BCUT2D eigenvalue weighted by atomic mass is 79.9. The minimum absolute atomic E-state index is 0.0542. The summed E-state index contributed by atoms with van der Waals surface area (Å²) in [5.41, 5.74) is 13.4. The molecule has 0 aliphatic carbocycles. The summed E-state index contributed by atoms with van der Waals surface area (Å²) < 4.78 is 7.07. The second kappa shape index (κ2) is 6.98. The molecule has 4 N–H and O–H groups in total. The van der Waals surface area contributed by atoms with Gasteiger partial charge in [-0.1, -0.05) is 39.4 Å². The predicted octanol–water partition coefficient (Wildman–Crippen LogP) is 3.42. The Morgan fingerprint density at radius 2 is 2.04 bits per heavy atom. The van der Waals surface area contributed by atoms with E-state index in [0.29, 0.717) is 11.0 Å². The molecule has 2 aromatic carbocycles. The lowest BCUT2D eigenvalue weighted by Gasteiger charge is -2.00. The maximum atomic E-state index is 5.97. The van der Waals surface area contributed by atoms with Gasteiger partial charge in [0.05, 0.1) is 17.3 Å². The van der Waals surface area contributed by atoms with E-state index in [1.165, 1.54) is 11.3 Å². The van der Waals surface area contributed by atoms with Crippen LogP contribution in [-0.4, -0.2) is 23.9 Å². The SMILES string of the molecule is COc1ccc2nc(N=C(N)N=C(N)c3cccc(Br)c3)sc2c1. The van der Waals surface area contributed by atoms with Crippen LogP contribution in [0.25, 0.3) is 10.2 Å². The maximum Gasteiger partial charge on any atom is 0.224 e. The molecule has 6 nitrogen and oxygen atoms in total. The number of rotatable bonds is 3. The molecule has 0 aliphatic heterocycles. The number of hydrogen-bond donors (Lipinski definition) is 2. The number of aromatic nitrogens is 1. The first-order chi connectivity index (χ1) is 11.5. The molecule has 122 valence electrons. The molecule has 0 atom stereocenters. The summed E-state index contributed by atoms with van der Waals surface area (Å²) in [5, 5.41) is 0.515. The predicted molar refractivity (Wildman–Crippen MR) is 102 cm³/mol. The average Bonchev–Trinajstić information content (AvgIpc) is 2.95. The molecular weight excluding hydrogens is 390 g/mol. The molecule has 0 fully saturated rings. The highest BCUT2D eigenvalue weighted by molar-refractivity contribution is 9.10. The Labute approximate surface area is 151 Å². The number of nitrogens with two attached hydrogens (primary N) is 2. The van der Waals surface area contributed by atoms with Crippen LogP contribution in [0.1, 0.15) is 5.56 Å². The van der Waals surface area contributed by atoms with Crippen molar-refractivity contribution in [3.8, 4) is 5.75 Å². The van der Waals surface area contributed by atoms with E-state index in [9.17, 15) is 0 Å². The van der Waals surface area contributed by atoms with Crippen LogP contribution in [0, 0.1) is 0 Å². The number of benzene rings is 2. The van der Waals surface area contributed by atoms with Crippen molar-refractivity contribution in [1.82, 2.24) is 4.98 Å². The van der Waals surface area contributed by atoms with E-state index in [0.717, 1.165) is 26.0 Å². The highest BCUT2D eigenvalue weighted by Gasteiger charge is 2.06. The quantitative estimate of drug-likeness (QED) is 0.516. The molecule has 0 unspecified atom stereocenters. The lowest BCUT2D eigenvalue weighted by molar-refractivity contribution is 0.415. The van der Waals surface area contributed by atoms with Crippen LogP contribution in [0.3, 0.4) is 0 Å². The van der Waals surface area contributed by atoms with Crippen LogP contribution in [0.5, 0.6) is 5.75 Å². The number of halogens is 1. The van der Waals surface area contributed by atoms with Crippen molar-refractivity contribution in [2.75, 3.05) is 7.11 Å². The fraction of sp³-hybridized carbons (Fsp3) is 0.0625. The zero-order valence-corrected chi connectivity index (χ0v) is 15.1. The first-order valence-electron chi connectivity index (χ1n) is 6.94. The molecule has 1 heterocycles. The highest BCUT2D eigenvalue weighted by Crippen LogP contribution is 2.30. The van der Waals surface area contributed by atoms with E-state index < -0.39 is 0 Å². The van der Waals surface area contributed by atoms with E-state index in [1.807, 2.05) is 42.5 Å². The van der Waals surface area contributed by atoms with Gasteiger partial charge in [0.15, 0.2) is 0 Å². The van der Waals surface area contributed by atoms with Crippen molar-refractivity contribution in [1.29, 1.82) is 0 Å². The van der Waals surface area contributed by atoms with Crippen LogP contribution < -0.4 is 16.2 Å². The number of guanidine groups is 1. The van der Waals surface area contributed by atoms with Crippen molar-refractivity contribution in [3.05, 3.63) is 52.5 Å². The number of aliphatic imine (C=N–C) groups is 2. The minimum atomic E-state index is 0.0542. The third kappa shape index (κ3) is 3.72. The molecule has 0 saturated heterocycles. The number of hydrogen-bond acceptors (Lipinski definition) is 4. The second-order valence-electron chi connectivity index (χ2n) is 4.81. The average molecular weight is 404 g/mol. The van der Waals surface area contributed by atoms with Gasteiger partial charge in [-0.2, -0.15) is 9.98 Å². The number of nitrogens with zero attached hydrogens (tertiary/aromatic N) is 3. The Morgan fingerprint density at radius 3 is 2.79 bits per heavy atom. The number of ether oxygens (including phenoxy) is 1. The number of thiazole rings is 1. The van der Waals surface area contributed by atoms with Crippen molar-refractivity contribution < 1.29 is 4.74 Å².